The lowest BCUT2D eigenvalue weighted by Crippen LogP contribution is -2.26. The summed E-state index contributed by atoms with van der Waals surface area (Å²) in [7, 11) is 1.71. The number of hydrogen-bond donors (Lipinski definition) is 0. The van der Waals surface area contributed by atoms with E-state index in [-0.39, 0.29) is 11.7 Å². The molecule has 0 saturated heterocycles. The first kappa shape index (κ1) is 16.3. The highest BCUT2D eigenvalue weighted by atomic mass is 32.1. The average Bonchev–Trinajstić information content (AvgIpc) is 3.17. The Bertz CT molecular complexity index is 851. The summed E-state index contributed by atoms with van der Waals surface area (Å²) in [6.45, 7) is 4.08. The summed E-state index contributed by atoms with van der Waals surface area (Å²) in [6, 6.07) is 6.05. The van der Waals surface area contributed by atoms with Crippen LogP contribution in [0.4, 0.5) is 4.39 Å². The summed E-state index contributed by atoms with van der Waals surface area (Å²) in [5.41, 5.74) is 2.83. The van der Waals surface area contributed by atoms with Gasteiger partial charge in [-0.2, -0.15) is 0 Å². The van der Waals surface area contributed by atoms with Crippen molar-refractivity contribution in [2.24, 2.45) is 0 Å². The Morgan fingerprint density at radius 2 is 2.00 bits per heavy atom. The highest BCUT2D eigenvalue weighted by Gasteiger charge is 2.19. The van der Waals surface area contributed by atoms with Crippen molar-refractivity contribution in [2.45, 2.75) is 20.4 Å². The Morgan fingerprint density at radius 3 is 2.62 bits per heavy atom. The Kier molecular flexibility index (Phi) is 4.44. The minimum absolute atomic E-state index is 0.181. The Labute approximate surface area is 142 Å². The van der Waals surface area contributed by atoms with Crippen LogP contribution in [0.5, 0.6) is 0 Å². The van der Waals surface area contributed by atoms with Gasteiger partial charge < -0.3 is 9.42 Å². The maximum absolute atomic E-state index is 13.0. The molecule has 0 spiro atoms. The Morgan fingerprint density at radius 1 is 1.29 bits per heavy atom. The number of nitrogens with zero attached hydrogens (tertiary/aromatic N) is 3. The van der Waals surface area contributed by atoms with Crippen molar-refractivity contribution in [3.05, 3.63) is 58.2 Å². The smallest absolute Gasteiger partial charge is 0.273 e. The zero-order valence-electron chi connectivity index (χ0n) is 13.5. The largest absolute Gasteiger partial charge is 0.361 e. The maximum atomic E-state index is 13.0. The van der Waals surface area contributed by atoms with Crippen LogP contribution in [0.15, 0.2) is 34.2 Å². The van der Waals surface area contributed by atoms with E-state index in [1.165, 1.54) is 23.5 Å². The molecule has 7 heteroatoms. The molecule has 3 aromatic rings. The van der Waals surface area contributed by atoms with Gasteiger partial charge in [0, 0.05) is 23.6 Å². The monoisotopic (exact) mass is 345 g/mol. The molecular weight excluding hydrogens is 329 g/mol. The summed E-state index contributed by atoms with van der Waals surface area (Å²) in [5, 5.41) is 6.29. The van der Waals surface area contributed by atoms with Crippen molar-refractivity contribution in [1.82, 2.24) is 15.0 Å². The zero-order valence-corrected chi connectivity index (χ0v) is 14.4. The van der Waals surface area contributed by atoms with E-state index in [1.807, 2.05) is 13.8 Å². The summed E-state index contributed by atoms with van der Waals surface area (Å²) in [4.78, 5) is 18.5. The molecule has 0 atom stereocenters. The van der Waals surface area contributed by atoms with Crippen molar-refractivity contribution in [3.63, 3.8) is 0 Å². The minimum atomic E-state index is -0.300. The van der Waals surface area contributed by atoms with Crippen LogP contribution < -0.4 is 0 Å². The lowest BCUT2D eigenvalue weighted by Gasteiger charge is -2.15. The molecule has 0 aliphatic carbocycles. The third-order valence-corrected chi connectivity index (χ3v) is 4.63. The number of carbonyl (C=O) groups is 1. The topological polar surface area (TPSA) is 59.2 Å². The van der Waals surface area contributed by atoms with E-state index in [2.05, 4.69) is 10.1 Å². The van der Waals surface area contributed by atoms with Gasteiger partial charge in [0.15, 0.2) is 0 Å². The number of rotatable bonds is 4. The van der Waals surface area contributed by atoms with E-state index < -0.39 is 0 Å². The number of thiazole rings is 1. The number of aromatic nitrogens is 2. The molecule has 0 aliphatic heterocycles. The zero-order chi connectivity index (χ0) is 17.3. The van der Waals surface area contributed by atoms with Gasteiger partial charge in [0.05, 0.1) is 12.2 Å². The molecule has 24 heavy (non-hydrogen) atoms. The van der Waals surface area contributed by atoms with Crippen LogP contribution in [-0.2, 0) is 6.54 Å². The van der Waals surface area contributed by atoms with Crippen LogP contribution in [0.2, 0.25) is 0 Å². The second-order valence-corrected chi connectivity index (χ2v) is 6.37. The number of halogens is 1. The number of amides is 1. The molecule has 0 bridgehead atoms. The first-order valence-electron chi connectivity index (χ1n) is 7.34. The molecule has 1 amide bonds. The van der Waals surface area contributed by atoms with Crippen LogP contribution in [0.25, 0.3) is 10.6 Å². The predicted molar refractivity (Wildman–Crippen MR) is 89.3 cm³/mol. The van der Waals surface area contributed by atoms with Gasteiger partial charge in [-0.05, 0) is 38.1 Å². The van der Waals surface area contributed by atoms with Gasteiger partial charge >= 0.3 is 0 Å². The van der Waals surface area contributed by atoms with E-state index in [0.717, 1.165) is 16.8 Å². The summed E-state index contributed by atoms with van der Waals surface area (Å²) in [5.74, 6) is 0.225. The number of hydrogen-bond acceptors (Lipinski definition) is 5. The standard InChI is InChI=1S/C17H16FN3O2S/c1-10-14(11(2)23-20-10)8-21(3)17(22)15-9-24-16(19-15)12-4-6-13(18)7-5-12/h4-7,9H,8H2,1-3H3. The van der Waals surface area contributed by atoms with Gasteiger partial charge in [0.2, 0.25) is 0 Å². The maximum Gasteiger partial charge on any atom is 0.273 e. The van der Waals surface area contributed by atoms with E-state index >= 15 is 0 Å². The second kappa shape index (κ2) is 6.52. The SMILES string of the molecule is Cc1noc(C)c1CN(C)C(=O)c1csc(-c2ccc(F)cc2)n1. The van der Waals surface area contributed by atoms with Crippen LogP contribution in [-0.4, -0.2) is 28.0 Å². The van der Waals surface area contributed by atoms with Gasteiger partial charge in [-0.1, -0.05) is 5.16 Å². The van der Waals surface area contributed by atoms with Crippen LogP contribution in [0.3, 0.4) is 0 Å². The molecule has 0 aliphatic rings. The number of benzene rings is 1. The molecule has 0 N–H and O–H groups in total. The van der Waals surface area contributed by atoms with Crippen molar-refractivity contribution < 1.29 is 13.7 Å². The van der Waals surface area contributed by atoms with Crippen LogP contribution in [0, 0.1) is 19.7 Å². The van der Waals surface area contributed by atoms with Gasteiger partial charge in [0.25, 0.3) is 5.91 Å². The molecule has 3 rings (SSSR count). The predicted octanol–water partition coefficient (Wildman–Crippen LogP) is 3.83. The summed E-state index contributed by atoms with van der Waals surface area (Å²) in [6.07, 6.45) is 0. The number of carbonyl (C=O) groups excluding carboxylic acids is 1. The highest BCUT2D eigenvalue weighted by molar-refractivity contribution is 7.13. The van der Waals surface area contributed by atoms with Crippen molar-refractivity contribution in [1.29, 1.82) is 0 Å². The molecule has 0 saturated carbocycles. The van der Waals surface area contributed by atoms with Crippen molar-refractivity contribution >= 4 is 17.2 Å². The van der Waals surface area contributed by atoms with Crippen LogP contribution in [0.1, 0.15) is 27.5 Å². The molecule has 0 unspecified atom stereocenters. The lowest BCUT2D eigenvalue weighted by atomic mass is 10.2. The summed E-state index contributed by atoms with van der Waals surface area (Å²) < 4.78 is 18.1. The Hall–Kier alpha value is -2.54. The minimum Gasteiger partial charge on any atom is -0.361 e. The first-order valence-corrected chi connectivity index (χ1v) is 8.22. The van der Waals surface area contributed by atoms with Gasteiger partial charge in [-0.25, -0.2) is 9.37 Å². The lowest BCUT2D eigenvalue weighted by molar-refractivity contribution is 0.0779. The molecule has 2 heterocycles. The van der Waals surface area contributed by atoms with Crippen LogP contribution >= 0.6 is 11.3 Å². The highest BCUT2D eigenvalue weighted by Crippen LogP contribution is 2.25. The fraction of sp³-hybridized carbons (Fsp3) is 0.235. The van der Waals surface area contributed by atoms with E-state index in [4.69, 9.17) is 4.52 Å². The van der Waals surface area contributed by atoms with Gasteiger partial charge in [0.1, 0.15) is 22.3 Å². The van der Waals surface area contributed by atoms with Gasteiger partial charge in [-0.15, -0.1) is 11.3 Å². The third kappa shape index (κ3) is 3.21. The van der Waals surface area contributed by atoms with E-state index in [9.17, 15) is 9.18 Å². The molecule has 2 aromatic heterocycles. The van der Waals surface area contributed by atoms with E-state index in [0.29, 0.717) is 23.0 Å². The quantitative estimate of drug-likeness (QED) is 0.721. The van der Waals surface area contributed by atoms with E-state index in [1.54, 1.807) is 29.5 Å². The average molecular weight is 345 g/mol. The second-order valence-electron chi connectivity index (χ2n) is 5.51. The van der Waals surface area contributed by atoms with Crippen molar-refractivity contribution in [3.8, 4) is 10.6 Å². The molecular formula is C17H16FN3O2S. The first-order chi connectivity index (χ1) is 11.5. The fourth-order valence-electron chi connectivity index (χ4n) is 2.33. The molecule has 0 fully saturated rings. The number of aryl methyl sites for hydroxylation is 2. The molecule has 124 valence electrons. The Balaban J connectivity index is 1.77. The van der Waals surface area contributed by atoms with Crippen molar-refractivity contribution in [2.75, 3.05) is 7.05 Å². The molecule has 1 aromatic carbocycles. The normalized spacial score (nSPS) is 10.8. The van der Waals surface area contributed by atoms with Gasteiger partial charge in [-0.3, -0.25) is 4.79 Å². The fourth-order valence-corrected chi connectivity index (χ4v) is 3.13. The molecule has 0 radical (unpaired) electrons. The third-order valence-electron chi connectivity index (χ3n) is 3.74. The molecule has 5 nitrogen and oxygen atoms in total. The summed E-state index contributed by atoms with van der Waals surface area (Å²) >= 11 is 1.36.